The van der Waals surface area contributed by atoms with Crippen molar-refractivity contribution in [1.82, 2.24) is 15.5 Å². The van der Waals surface area contributed by atoms with Crippen molar-refractivity contribution in [3.05, 3.63) is 35.9 Å². The first-order chi connectivity index (χ1) is 14.2. The molecule has 8 heteroatoms. The smallest absolute Gasteiger partial charge is 0.408 e. The Labute approximate surface area is 178 Å². The molecule has 1 heterocycles. The van der Waals surface area contributed by atoms with Crippen molar-refractivity contribution in [3.63, 3.8) is 0 Å². The van der Waals surface area contributed by atoms with E-state index in [4.69, 9.17) is 9.47 Å². The highest BCUT2D eigenvalue weighted by Crippen LogP contribution is 2.12. The molecule has 0 aromatic heterocycles. The fourth-order valence-corrected chi connectivity index (χ4v) is 3.11. The summed E-state index contributed by atoms with van der Waals surface area (Å²) in [5.41, 5.74) is 0.314. The zero-order chi connectivity index (χ0) is 22.0. The third-order valence-corrected chi connectivity index (χ3v) is 4.53. The standard InChI is InChI=1S/C22H33N3O5/c1-22(2,3)30-19(26)11-7-10-18(20(27)25-14-12-23-13-15-25)24-21(28)29-16-17-8-5-4-6-9-17/h4-6,8-9,18,23H,7,10-16H2,1-3H3,(H,24,28)/t18-/m0/s1. The fourth-order valence-electron chi connectivity index (χ4n) is 3.11. The van der Waals surface area contributed by atoms with Gasteiger partial charge in [0.1, 0.15) is 18.2 Å². The predicted octanol–water partition coefficient (Wildman–Crippen LogP) is 2.23. The Hall–Kier alpha value is -2.61. The Bertz CT molecular complexity index is 696. The molecule has 1 aromatic rings. The summed E-state index contributed by atoms with van der Waals surface area (Å²) in [6.07, 6.45) is 0.298. The van der Waals surface area contributed by atoms with Crippen LogP contribution in [0.15, 0.2) is 30.3 Å². The van der Waals surface area contributed by atoms with Crippen LogP contribution in [0.5, 0.6) is 0 Å². The van der Waals surface area contributed by atoms with Gasteiger partial charge >= 0.3 is 12.1 Å². The summed E-state index contributed by atoms with van der Waals surface area (Å²) < 4.78 is 10.6. The number of carbonyl (C=O) groups is 3. The molecule has 2 amide bonds. The lowest BCUT2D eigenvalue weighted by Crippen LogP contribution is -2.54. The van der Waals surface area contributed by atoms with Gasteiger partial charge in [-0.3, -0.25) is 9.59 Å². The van der Waals surface area contributed by atoms with E-state index >= 15 is 0 Å². The Morgan fingerprint density at radius 3 is 2.43 bits per heavy atom. The maximum Gasteiger partial charge on any atom is 0.408 e. The van der Waals surface area contributed by atoms with E-state index in [0.29, 0.717) is 25.9 Å². The molecule has 0 radical (unpaired) electrons. The summed E-state index contributed by atoms with van der Waals surface area (Å²) in [4.78, 5) is 38.9. The molecule has 0 bridgehead atoms. The highest BCUT2D eigenvalue weighted by Gasteiger charge is 2.27. The van der Waals surface area contributed by atoms with E-state index in [-0.39, 0.29) is 24.9 Å². The topological polar surface area (TPSA) is 97.0 Å². The highest BCUT2D eigenvalue weighted by molar-refractivity contribution is 5.85. The van der Waals surface area contributed by atoms with Gasteiger partial charge in [-0.25, -0.2) is 4.79 Å². The Morgan fingerprint density at radius 2 is 1.80 bits per heavy atom. The van der Waals surface area contributed by atoms with Crippen molar-refractivity contribution < 1.29 is 23.9 Å². The largest absolute Gasteiger partial charge is 0.460 e. The van der Waals surface area contributed by atoms with E-state index in [9.17, 15) is 14.4 Å². The number of amides is 2. The summed E-state index contributed by atoms with van der Waals surface area (Å²) in [7, 11) is 0. The van der Waals surface area contributed by atoms with Crippen molar-refractivity contribution >= 4 is 18.0 Å². The van der Waals surface area contributed by atoms with Gasteiger partial charge in [0.15, 0.2) is 0 Å². The van der Waals surface area contributed by atoms with Crippen LogP contribution < -0.4 is 10.6 Å². The maximum absolute atomic E-state index is 12.9. The van der Waals surface area contributed by atoms with Crippen LogP contribution >= 0.6 is 0 Å². The molecule has 1 fully saturated rings. The quantitative estimate of drug-likeness (QED) is 0.627. The first-order valence-corrected chi connectivity index (χ1v) is 10.4. The van der Waals surface area contributed by atoms with E-state index in [1.165, 1.54) is 0 Å². The molecule has 2 N–H and O–H groups in total. The summed E-state index contributed by atoms with van der Waals surface area (Å²) in [5, 5.41) is 5.88. The fraction of sp³-hybridized carbons (Fsp3) is 0.591. The number of benzene rings is 1. The van der Waals surface area contributed by atoms with Crippen LogP contribution in [0, 0.1) is 0 Å². The van der Waals surface area contributed by atoms with Crippen LogP contribution in [-0.2, 0) is 25.7 Å². The van der Waals surface area contributed by atoms with Crippen LogP contribution in [0.3, 0.4) is 0 Å². The number of nitrogens with zero attached hydrogens (tertiary/aromatic N) is 1. The van der Waals surface area contributed by atoms with Crippen LogP contribution in [-0.4, -0.2) is 60.7 Å². The first-order valence-electron chi connectivity index (χ1n) is 10.4. The lowest BCUT2D eigenvalue weighted by molar-refractivity contribution is -0.155. The molecule has 0 saturated carbocycles. The number of carbonyl (C=O) groups excluding carboxylic acids is 3. The average Bonchev–Trinajstić information content (AvgIpc) is 2.71. The lowest BCUT2D eigenvalue weighted by atomic mass is 10.1. The number of hydrogen-bond acceptors (Lipinski definition) is 6. The van der Waals surface area contributed by atoms with Gasteiger partial charge in [-0.15, -0.1) is 0 Å². The zero-order valence-corrected chi connectivity index (χ0v) is 18.1. The van der Waals surface area contributed by atoms with Gasteiger partial charge in [-0.05, 0) is 39.2 Å². The number of ether oxygens (including phenoxy) is 2. The van der Waals surface area contributed by atoms with E-state index < -0.39 is 17.7 Å². The molecule has 30 heavy (non-hydrogen) atoms. The third kappa shape index (κ3) is 8.82. The Morgan fingerprint density at radius 1 is 1.13 bits per heavy atom. The van der Waals surface area contributed by atoms with Crippen molar-refractivity contribution in [1.29, 1.82) is 0 Å². The molecule has 166 valence electrons. The second-order valence-electron chi connectivity index (χ2n) is 8.31. The summed E-state index contributed by atoms with van der Waals surface area (Å²) in [6.45, 7) is 8.16. The monoisotopic (exact) mass is 419 g/mol. The zero-order valence-electron chi connectivity index (χ0n) is 18.1. The van der Waals surface area contributed by atoms with Crippen LogP contribution in [0.25, 0.3) is 0 Å². The van der Waals surface area contributed by atoms with Gasteiger partial charge in [-0.1, -0.05) is 30.3 Å². The van der Waals surface area contributed by atoms with Crippen LogP contribution in [0.4, 0.5) is 4.79 Å². The minimum Gasteiger partial charge on any atom is -0.460 e. The van der Waals surface area contributed by atoms with Gasteiger partial charge < -0.3 is 25.0 Å². The summed E-state index contributed by atoms with van der Waals surface area (Å²) >= 11 is 0. The first kappa shape index (κ1) is 23.7. The van der Waals surface area contributed by atoms with Crippen molar-refractivity contribution in [2.75, 3.05) is 26.2 Å². The number of esters is 1. The molecule has 1 aliphatic heterocycles. The van der Waals surface area contributed by atoms with E-state index in [1.54, 1.807) is 4.90 Å². The maximum atomic E-state index is 12.9. The number of hydrogen-bond donors (Lipinski definition) is 2. The molecule has 1 aliphatic rings. The predicted molar refractivity (Wildman–Crippen MR) is 113 cm³/mol. The molecule has 1 aromatic carbocycles. The van der Waals surface area contributed by atoms with Crippen molar-refractivity contribution in [2.24, 2.45) is 0 Å². The molecule has 1 saturated heterocycles. The average molecular weight is 420 g/mol. The van der Waals surface area contributed by atoms with Gasteiger partial charge in [0.25, 0.3) is 0 Å². The molecule has 0 aliphatic carbocycles. The molecule has 0 unspecified atom stereocenters. The number of nitrogens with one attached hydrogen (secondary N) is 2. The minimum atomic E-state index is -0.742. The van der Waals surface area contributed by atoms with Gasteiger partial charge in [0.2, 0.25) is 5.91 Å². The molecular weight excluding hydrogens is 386 g/mol. The molecule has 8 nitrogen and oxygen atoms in total. The summed E-state index contributed by atoms with van der Waals surface area (Å²) in [5.74, 6) is -0.472. The van der Waals surface area contributed by atoms with Crippen molar-refractivity contribution in [2.45, 2.75) is 58.3 Å². The van der Waals surface area contributed by atoms with Crippen LogP contribution in [0.1, 0.15) is 45.6 Å². The van der Waals surface area contributed by atoms with E-state index in [2.05, 4.69) is 10.6 Å². The second kappa shape index (κ2) is 11.5. The SMILES string of the molecule is CC(C)(C)OC(=O)CCC[C@H](NC(=O)OCc1ccccc1)C(=O)N1CCNCC1. The van der Waals surface area contributed by atoms with Gasteiger partial charge in [0.05, 0.1) is 0 Å². The van der Waals surface area contributed by atoms with E-state index in [0.717, 1.165) is 18.7 Å². The van der Waals surface area contributed by atoms with Crippen molar-refractivity contribution in [3.8, 4) is 0 Å². The molecule has 1 atom stereocenters. The lowest BCUT2D eigenvalue weighted by Gasteiger charge is -2.31. The molecule has 0 spiro atoms. The van der Waals surface area contributed by atoms with Gasteiger partial charge in [0, 0.05) is 32.6 Å². The minimum absolute atomic E-state index is 0.124. The molecular formula is C22H33N3O5. The van der Waals surface area contributed by atoms with E-state index in [1.807, 2.05) is 51.1 Å². The molecule has 2 rings (SSSR count). The van der Waals surface area contributed by atoms with Crippen LogP contribution in [0.2, 0.25) is 0 Å². The Kier molecular flexibility index (Phi) is 9.11. The number of alkyl carbamates (subject to hydrolysis) is 1. The highest BCUT2D eigenvalue weighted by atomic mass is 16.6. The Balaban J connectivity index is 1.90. The summed E-state index contributed by atoms with van der Waals surface area (Å²) in [6, 6.07) is 8.59. The third-order valence-electron chi connectivity index (χ3n) is 4.53. The second-order valence-corrected chi connectivity index (χ2v) is 8.31. The number of piperazine rings is 1. The number of rotatable bonds is 8. The normalized spacial score (nSPS) is 15.2. The van der Waals surface area contributed by atoms with Gasteiger partial charge in [-0.2, -0.15) is 0 Å².